The predicted molar refractivity (Wildman–Crippen MR) is 128 cm³/mol. The van der Waals surface area contributed by atoms with Gasteiger partial charge in [-0.3, -0.25) is 9.29 Å². The Kier molecular flexibility index (Phi) is 9.21. The van der Waals surface area contributed by atoms with E-state index in [9.17, 15) is 9.65 Å². The Bertz CT molecular complexity index is 979. The van der Waals surface area contributed by atoms with Gasteiger partial charge in [0.05, 0.1) is 7.18 Å². The Labute approximate surface area is 191 Å². The first-order chi connectivity index (χ1) is 15.3. The zero-order chi connectivity index (χ0) is 23.7. The fraction of sp³-hybridized carbons (Fsp3) is 0.542. The molecule has 3 rings (SSSR count). The number of nitriles is 1. The van der Waals surface area contributed by atoms with Gasteiger partial charge in [0.2, 0.25) is 5.82 Å². The van der Waals surface area contributed by atoms with Crippen molar-refractivity contribution in [3.8, 4) is 6.07 Å². The van der Waals surface area contributed by atoms with Gasteiger partial charge in [0.25, 0.3) is 0 Å². The Morgan fingerprint density at radius 2 is 2.06 bits per heavy atom. The second-order valence-electron chi connectivity index (χ2n) is 9.09. The van der Waals surface area contributed by atoms with Crippen LogP contribution in [0.15, 0.2) is 36.3 Å². The molecule has 8 heteroatoms. The van der Waals surface area contributed by atoms with E-state index in [1.165, 1.54) is 5.69 Å². The Balaban J connectivity index is 0.00000176. The summed E-state index contributed by atoms with van der Waals surface area (Å²) in [6.45, 7) is 14.3. The summed E-state index contributed by atoms with van der Waals surface area (Å²) in [5.74, 6) is 0.220. The molecule has 1 aliphatic heterocycles. The number of alkyl halides is 1. The fourth-order valence-corrected chi connectivity index (χ4v) is 3.65. The highest BCUT2D eigenvalue weighted by Crippen LogP contribution is 2.25. The smallest absolute Gasteiger partial charge is 0.234 e. The molecule has 0 aromatic carbocycles. The maximum atomic E-state index is 9.50. The molecule has 0 saturated heterocycles. The normalized spacial score (nSPS) is 13.6. The zero-order valence-corrected chi connectivity index (χ0v) is 20.2. The lowest BCUT2D eigenvalue weighted by Gasteiger charge is -2.25. The first-order valence-electron chi connectivity index (χ1n) is 11.0. The van der Waals surface area contributed by atoms with E-state index in [4.69, 9.17) is 0 Å². The lowest BCUT2D eigenvalue weighted by Crippen LogP contribution is -2.33. The fourth-order valence-electron chi connectivity index (χ4n) is 3.65. The largest absolute Gasteiger partial charge is 0.383 e. The van der Waals surface area contributed by atoms with E-state index in [1.807, 2.05) is 0 Å². The third-order valence-electron chi connectivity index (χ3n) is 5.09. The summed E-state index contributed by atoms with van der Waals surface area (Å²) in [4.78, 5) is 13.3. The standard InChI is InChI=1S/C23H33N7.CH3F/c1-6-29(11-9-25-19-8-7-10-28(5)15-19)16-20-12-18-14-26-21(13-24)27-22(18)30(20)17-23(2,3)4;1-2/h7-8,12,14-15,25H,6,9-11,16-17H2,1-5H3;1H3. The lowest BCUT2D eigenvalue weighted by molar-refractivity contribution is 0.267. The van der Waals surface area contributed by atoms with Crippen LogP contribution in [0.1, 0.15) is 39.2 Å². The SMILES string of the molecule is CCN(CCNC1=CN(C)CC=C1)Cc1cc2cnc(C#N)nc2n1CC(C)(C)C.CF. The van der Waals surface area contributed by atoms with E-state index < -0.39 is 0 Å². The number of aromatic nitrogens is 3. The number of nitrogens with one attached hydrogen (secondary N) is 1. The Morgan fingerprint density at radius 3 is 2.69 bits per heavy atom. The van der Waals surface area contributed by atoms with E-state index in [0.29, 0.717) is 7.18 Å². The van der Waals surface area contributed by atoms with Gasteiger partial charge in [0.15, 0.2) is 0 Å². The first-order valence-corrected chi connectivity index (χ1v) is 11.0. The number of nitrogens with zero attached hydrogens (tertiary/aromatic N) is 6. The second kappa shape index (κ2) is 11.6. The third kappa shape index (κ3) is 7.06. The van der Waals surface area contributed by atoms with Crippen LogP contribution in [0.3, 0.4) is 0 Å². The molecule has 1 aliphatic rings. The summed E-state index contributed by atoms with van der Waals surface area (Å²) in [6, 6.07) is 4.23. The maximum absolute atomic E-state index is 9.50. The monoisotopic (exact) mass is 441 g/mol. The van der Waals surface area contributed by atoms with Crippen molar-refractivity contribution in [1.29, 1.82) is 5.26 Å². The number of likely N-dealkylation sites (N-methyl/N-ethyl adjacent to an activating group) is 2. The number of rotatable bonds is 8. The molecule has 2 aromatic rings. The van der Waals surface area contributed by atoms with Crippen LogP contribution in [-0.2, 0) is 13.1 Å². The Morgan fingerprint density at radius 1 is 1.31 bits per heavy atom. The summed E-state index contributed by atoms with van der Waals surface area (Å²) >= 11 is 0. The summed E-state index contributed by atoms with van der Waals surface area (Å²) in [7, 11) is 2.58. The van der Waals surface area contributed by atoms with Crippen molar-refractivity contribution in [1.82, 2.24) is 29.7 Å². The van der Waals surface area contributed by atoms with Crippen molar-refractivity contribution < 1.29 is 4.39 Å². The summed E-state index contributed by atoms with van der Waals surface area (Å²) in [5.41, 5.74) is 3.31. The van der Waals surface area contributed by atoms with Crippen LogP contribution in [0, 0.1) is 16.7 Å². The molecule has 0 spiro atoms. The maximum Gasteiger partial charge on any atom is 0.234 e. The number of hydrogen-bond acceptors (Lipinski definition) is 6. The van der Waals surface area contributed by atoms with Crippen LogP contribution >= 0.6 is 0 Å². The minimum absolute atomic E-state index is 0.100. The molecule has 3 heterocycles. The predicted octanol–water partition coefficient (Wildman–Crippen LogP) is 3.69. The average molecular weight is 442 g/mol. The van der Waals surface area contributed by atoms with Crippen LogP contribution in [0.4, 0.5) is 4.39 Å². The minimum atomic E-state index is 0.100. The molecule has 0 amide bonds. The van der Waals surface area contributed by atoms with Gasteiger partial charge in [0.1, 0.15) is 11.7 Å². The molecular weight excluding hydrogens is 405 g/mol. The van der Waals surface area contributed by atoms with Gasteiger partial charge >= 0.3 is 0 Å². The number of hydrogen-bond donors (Lipinski definition) is 1. The number of halogens is 1. The molecule has 0 atom stereocenters. The van der Waals surface area contributed by atoms with Gasteiger partial charge in [-0.15, -0.1) is 0 Å². The third-order valence-corrected chi connectivity index (χ3v) is 5.09. The molecule has 2 aromatic heterocycles. The van der Waals surface area contributed by atoms with Crippen molar-refractivity contribution in [2.45, 2.75) is 40.8 Å². The highest BCUT2D eigenvalue weighted by molar-refractivity contribution is 5.77. The van der Waals surface area contributed by atoms with Crippen LogP contribution in [0.5, 0.6) is 0 Å². The molecule has 174 valence electrons. The van der Waals surface area contributed by atoms with Gasteiger partial charge in [-0.2, -0.15) is 5.26 Å². The molecule has 0 bridgehead atoms. The average Bonchev–Trinajstić information content (AvgIpc) is 3.09. The molecule has 1 N–H and O–H groups in total. The van der Waals surface area contributed by atoms with Gasteiger partial charge in [-0.1, -0.05) is 33.8 Å². The lowest BCUT2D eigenvalue weighted by atomic mass is 9.97. The van der Waals surface area contributed by atoms with E-state index in [1.54, 1.807) is 6.20 Å². The van der Waals surface area contributed by atoms with Gasteiger partial charge in [0, 0.05) is 68.9 Å². The van der Waals surface area contributed by atoms with Crippen molar-refractivity contribution >= 4 is 11.0 Å². The number of fused-ring (bicyclic) bond motifs is 1. The van der Waals surface area contributed by atoms with Crippen molar-refractivity contribution in [3.05, 3.63) is 47.8 Å². The summed E-state index contributed by atoms with van der Waals surface area (Å²) < 4.78 is 11.8. The number of allylic oxidation sites excluding steroid dienone is 1. The molecular formula is C24H36FN7. The van der Waals surface area contributed by atoms with E-state index in [-0.39, 0.29) is 11.2 Å². The molecule has 7 nitrogen and oxygen atoms in total. The van der Waals surface area contributed by atoms with Gasteiger partial charge in [-0.05, 0) is 24.1 Å². The second-order valence-corrected chi connectivity index (χ2v) is 9.09. The van der Waals surface area contributed by atoms with Crippen molar-refractivity contribution in [2.75, 3.05) is 40.4 Å². The minimum Gasteiger partial charge on any atom is -0.383 e. The van der Waals surface area contributed by atoms with E-state index in [2.05, 4.69) is 94.9 Å². The van der Waals surface area contributed by atoms with Crippen molar-refractivity contribution in [3.63, 3.8) is 0 Å². The quantitative estimate of drug-likeness (QED) is 0.674. The molecule has 0 radical (unpaired) electrons. The summed E-state index contributed by atoms with van der Waals surface area (Å²) in [5, 5.41) is 13.7. The van der Waals surface area contributed by atoms with Crippen LogP contribution in [0.2, 0.25) is 0 Å². The zero-order valence-electron chi connectivity index (χ0n) is 20.2. The van der Waals surface area contributed by atoms with Crippen LogP contribution < -0.4 is 5.32 Å². The molecule has 32 heavy (non-hydrogen) atoms. The van der Waals surface area contributed by atoms with Crippen LogP contribution in [-0.4, -0.2) is 64.7 Å². The molecule has 0 unspecified atom stereocenters. The topological polar surface area (TPSA) is 73.0 Å². The van der Waals surface area contributed by atoms with Crippen molar-refractivity contribution in [2.24, 2.45) is 5.41 Å². The van der Waals surface area contributed by atoms with E-state index in [0.717, 1.165) is 56.0 Å². The van der Waals surface area contributed by atoms with Gasteiger partial charge in [-0.25, -0.2) is 9.97 Å². The first kappa shape index (κ1) is 25.3. The highest BCUT2D eigenvalue weighted by Gasteiger charge is 2.19. The van der Waals surface area contributed by atoms with Crippen LogP contribution in [0.25, 0.3) is 11.0 Å². The molecule has 0 aliphatic carbocycles. The molecule has 0 saturated carbocycles. The molecule has 0 fully saturated rings. The highest BCUT2D eigenvalue weighted by atomic mass is 19.1. The Hall–Kier alpha value is -2.92. The van der Waals surface area contributed by atoms with E-state index >= 15 is 0 Å². The summed E-state index contributed by atoms with van der Waals surface area (Å²) in [6.07, 6.45) is 8.22. The van der Waals surface area contributed by atoms with Gasteiger partial charge < -0.3 is 14.8 Å².